The van der Waals surface area contributed by atoms with E-state index >= 15 is 0 Å². The topological polar surface area (TPSA) is 66.6 Å². The zero-order chi connectivity index (χ0) is 17.0. The predicted octanol–water partition coefficient (Wildman–Crippen LogP) is 3.06. The van der Waals surface area contributed by atoms with Crippen molar-refractivity contribution in [3.8, 4) is 11.3 Å². The Labute approximate surface area is 138 Å². The second-order valence-corrected chi connectivity index (χ2v) is 5.23. The first-order valence-corrected chi connectivity index (χ1v) is 7.30. The van der Waals surface area contributed by atoms with Crippen LogP contribution in [0.4, 0.5) is 4.39 Å². The van der Waals surface area contributed by atoms with Gasteiger partial charge in [0.25, 0.3) is 5.91 Å². The number of carbonyl (C=O) groups excluding carboxylic acids is 1. The highest BCUT2D eigenvalue weighted by atomic mass is 35.5. The molecule has 2 rings (SSSR count). The van der Waals surface area contributed by atoms with Gasteiger partial charge in [0.05, 0.1) is 17.2 Å². The molecule has 0 bridgehead atoms. The first-order chi connectivity index (χ1) is 11.0. The molecule has 5 nitrogen and oxygen atoms in total. The summed E-state index contributed by atoms with van der Waals surface area (Å²) in [6.07, 6.45) is 1.53. The van der Waals surface area contributed by atoms with E-state index in [1.807, 2.05) is 0 Å². The first-order valence-electron chi connectivity index (χ1n) is 6.93. The zero-order valence-electron chi connectivity index (χ0n) is 12.6. The highest BCUT2D eigenvalue weighted by Crippen LogP contribution is 2.33. The average Bonchev–Trinajstić information content (AvgIpc) is 2.88. The SMILES string of the molecule is C=CCN(CCO)C(=O)c1c(-c2c(F)cccc2Cl)noc1C. The number of benzene rings is 1. The maximum atomic E-state index is 14.1. The van der Waals surface area contributed by atoms with E-state index in [2.05, 4.69) is 11.7 Å². The number of aliphatic hydroxyl groups excluding tert-OH is 1. The largest absolute Gasteiger partial charge is 0.395 e. The number of aryl methyl sites for hydroxylation is 1. The number of nitrogens with zero attached hydrogens (tertiary/aromatic N) is 2. The van der Waals surface area contributed by atoms with Crippen LogP contribution in [0.1, 0.15) is 16.1 Å². The minimum atomic E-state index is -0.600. The summed E-state index contributed by atoms with van der Waals surface area (Å²) in [6.45, 7) is 5.27. The van der Waals surface area contributed by atoms with Gasteiger partial charge in [-0.25, -0.2) is 4.39 Å². The molecule has 1 amide bonds. The van der Waals surface area contributed by atoms with Crippen LogP contribution in [0.25, 0.3) is 11.3 Å². The fraction of sp³-hybridized carbons (Fsp3) is 0.250. The number of amides is 1. The van der Waals surface area contributed by atoms with Crippen LogP contribution in [-0.4, -0.2) is 40.8 Å². The van der Waals surface area contributed by atoms with Gasteiger partial charge in [0, 0.05) is 13.1 Å². The average molecular weight is 339 g/mol. The summed E-state index contributed by atoms with van der Waals surface area (Å²) >= 11 is 6.05. The molecule has 0 radical (unpaired) electrons. The second-order valence-electron chi connectivity index (χ2n) is 4.82. The Bertz CT molecular complexity index is 710. The van der Waals surface area contributed by atoms with Gasteiger partial charge in [-0.2, -0.15) is 0 Å². The van der Waals surface area contributed by atoms with Crippen LogP contribution in [0.3, 0.4) is 0 Å². The van der Waals surface area contributed by atoms with Gasteiger partial charge in [-0.3, -0.25) is 4.79 Å². The van der Waals surface area contributed by atoms with Gasteiger partial charge in [0.1, 0.15) is 22.8 Å². The summed E-state index contributed by atoms with van der Waals surface area (Å²) in [5.74, 6) is -0.791. The molecule has 0 saturated carbocycles. The summed E-state index contributed by atoms with van der Waals surface area (Å²) in [7, 11) is 0. The maximum absolute atomic E-state index is 14.1. The number of aromatic nitrogens is 1. The zero-order valence-corrected chi connectivity index (χ0v) is 13.3. The molecule has 1 aromatic carbocycles. The smallest absolute Gasteiger partial charge is 0.260 e. The third-order valence-electron chi connectivity index (χ3n) is 3.28. The quantitative estimate of drug-likeness (QED) is 0.822. The van der Waals surface area contributed by atoms with E-state index in [4.69, 9.17) is 21.2 Å². The minimum Gasteiger partial charge on any atom is -0.395 e. The first kappa shape index (κ1) is 17.2. The van der Waals surface area contributed by atoms with Crippen molar-refractivity contribution in [1.29, 1.82) is 0 Å². The van der Waals surface area contributed by atoms with Crippen molar-refractivity contribution in [1.82, 2.24) is 10.1 Å². The molecule has 1 N–H and O–H groups in total. The molecule has 7 heteroatoms. The Hall–Kier alpha value is -2.18. The molecule has 0 unspecified atom stereocenters. The van der Waals surface area contributed by atoms with Crippen LogP contribution in [0.15, 0.2) is 35.4 Å². The normalized spacial score (nSPS) is 10.6. The molecular formula is C16H16ClFN2O3. The lowest BCUT2D eigenvalue weighted by molar-refractivity contribution is 0.0741. The monoisotopic (exact) mass is 338 g/mol. The molecule has 122 valence electrons. The van der Waals surface area contributed by atoms with E-state index in [0.29, 0.717) is 0 Å². The highest BCUT2D eigenvalue weighted by Gasteiger charge is 2.28. The van der Waals surface area contributed by atoms with Crippen molar-refractivity contribution >= 4 is 17.5 Å². The molecular weight excluding hydrogens is 323 g/mol. The number of hydrogen-bond acceptors (Lipinski definition) is 4. The number of hydrogen-bond donors (Lipinski definition) is 1. The van der Waals surface area contributed by atoms with E-state index in [9.17, 15) is 9.18 Å². The summed E-state index contributed by atoms with van der Waals surface area (Å²) in [5, 5.41) is 13.0. The molecule has 0 aliphatic rings. The Kier molecular flexibility index (Phi) is 5.52. The third kappa shape index (κ3) is 3.43. The van der Waals surface area contributed by atoms with Crippen LogP contribution in [-0.2, 0) is 0 Å². The summed E-state index contributed by atoms with van der Waals surface area (Å²) in [4.78, 5) is 14.1. The molecule has 0 saturated heterocycles. The summed E-state index contributed by atoms with van der Waals surface area (Å²) in [5.41, 5.74) is 0.173. The van der Waals surface area contributed by atoms with E-state index in [1.165, 1.54) is 29.2 Å². The Morgan fingerprint density at radius 2 is 2.30 bits per heavy atom. The summed E-state index contributed by atoms with van der Waals surface area (Å²) < 4.78 is 19.2. The van der Waals surface area contributed by atoms with Crippen LogP contribution in [0, 0.1) is 12.7 Å². The number of carbonyl (C=O) groups is 1. The van der Waals surface area contributed by atoms with Gasteiger partial charge in [-0.1, -0.05) is 28.9 Å². The van der Waals surface area contributed by atoms with Crippen LogP contribution >= 0.6 is 11.6 Å². The molecule has 0 atom stereocenters. The van der Waals surface area contributed by atoms with Crippen LogP contribution in [0.2, 0.25) is 5.02 Å². The second kappa shape index (κ2) is 7.39. The van der Waals surface area contributed by atoms with Gasteiger partial charge >= 0.3 is 0 Å². The molecule has 0 fully saturated rings. The van der Waals surface area contributed by atoms with E-state index in [-0.39, 0.29) is 47.3 Å². The minimum absolute atomic E-state index is 0.0110. The van der Waals surface area contributed by atoms with Crippen LogP contribution < -0.4 is 0 Å². The van der Waals surface area contributed by atoms with E-state index in [0.717, 1.165) is 0 Å². The number of aliphatic hydroxyl groups is 1. The van der Waals surface area contributed by atoms with Crippen LogP contribution in [0.5, 0.6) is 0 Å². The lowest BCUT2D eigenvalue weighted by Crippen LogP contribution is -2.34. The van der Waals surface area contributed by atoms with E-state index in [1.54, 1.807) is 6.92 Å². The van der Waals surface area contributed by atoms with Crippen molar-refractivity contribution < 1.29 is 18.8 Å². The third-order valence-corrected chi connectivity index (χ3v) is 3.60. The molecule has 0 spiro atoms. The lowest BCUT2D eigenvalue weighted by atomic mass is 10.0. The van der Waals surface area contributed by atoms with Crippen molar-refractivity contribution in [2.75, 3.05) is 19.7 Å². The number of halogens is 2. The fourth-order valence-corrected chi connectivity index (χ4v) is 2.48. The predicted molar refractivity (Wildman–Crippen MR) is 84.8 cm³/mol. The molecule has 1 heterocycles. The standard InChI is InChI=1S/C16H16ClFN2O3/c1-3-7-20(8-9-21)16(22)13-10(2)23-19-15(13)14-11(17)5-4-6-12(14)18/h3-6,21H,1,7-9H2,2H3. The van der Waals surface area contributed by atoms with Gasteiger partial charge < -0.3 is 14.5 Å². The van der Waals surface area contributed by atoms with Gasteiger partial charge in [-0.15, -0.1) is 6.58 Å². The van der Waals surface area contributed by atoms with Crippen molar-refractivity contribution in [2.24, 2.45) is 0 Å². The molecule has 2 aromatic rings. The van der Waals surface area contributed by atoms with Gasteiger partial charge in [0.2, 0.25) is 0 Å². The Morgan fingerprint density at radius 3 is 2.91 bits per heavy atom. The van der Waals surface area contributed by atoms with Crippen molar-refractivity contribution in [3.63, 3.8) is 0 Å². The molecule has 23 heavy (non-hydrogen) atoms. The molecule has 0 aliphatic carbocycles. The highest BCUT2D eigenvalue weighted by molar-refractivity contribution is 6.33. The van der Waals surface area contributed by atoms with Gasteiger partial charge in [0.15, 0.2) is 0 Å². The summed E-state index contributed by atoms with van der Waals surface area (Å²) in [6, 6.07) is 4.20. The van der Waals surface area contributed by atoms with Crippen molar-refractivity contribution in [3.05, 3.63) is 53.0 Å². The van der Waals surface area contributed by atoms with Gasteiger partial charge in [-0.05, 0) is 19.1 Å². The fourth-order valence-electron chi connectivity index (χ4n) is 2.23. The maximum Gasteiger partial charge on any atom is 0.260 e. The Balaban J connectivity index is 2.54. The number of rotatable bonds is 6. The lowest BCUT2D eigenvalue weighted by Gasteiger charge is -2.20. The molecule has 1 aromatic heterocycles. The van der Waals surface area contributed by atoms with Crippen molar-refractivity contribution in [2.45, 2.75) is 6.92 Å². The molecule has 0 aliphatic heterocycles. The van der Waals surface area contributed by atoms with E-state index < -0.39 is 11.7 Å². The Morgan fingerprint density at radius 1 is 1.57 bits per heavy atom.